The third-order valence-corrected chi connectivity index (χ3v) is 1.96. The number of rotatable bonds is 2. The molecule has 1 rings (SSSR count). The quantitative estimate of drug-likeness (QED) is 0.463. The molecule has 0 bridgehead atoms. The SMILES string of the molecule is Nc1ccc([C@@H](N)C(F)(F)F)cc1[N+](=O)[O-]. The molecule has 0 unspecified atom stereocenters. The monoisotopic (exact) mass is 235 g/mol. The molecule has 1 aromatic carbocycles. The minimum atomic E-state index is -4.65. The van der Waals surface area contributed by atoms with Crippen molar-refractivity contribution in [2.75, 3.05) is 5.73 Å². The lowest BCUT2D eigenvalue weighted by molar-refractivity contribution is -0.384. The lowest BCUT2D eigenvalue weighted by Crippen LogP contribution is -2.28. The molecule has 0 aliphatic heterocycles. The van der Waals surface area contributed by atoms with Crippen molar-refractivity contribution < 1.29 is 18.1 Å². The van der Waals surface area contributed by atoms with Crippen molar-refractivity contribution >= 4 is 11.4 Å². The summed E-state index contributed by atoms with van der Waals surface area (Å²) in [6.07, 6.45) is -4.65. The first kappa shape index (κ1) is 12.2. The van der Waals surface area contributed by atoms with Gasteiger partial charge in [0.2, 0.25) is 0 Å². The summed E-state index contributed by atoms with van der Waals surface area (Å²) in [5.74, 6) is 0. The molecule has 0 aliphatic rings. The average molecular weight is 235 g/mol. The van der Waals surface area contributed by atoms with Crippen LogP contribution in [0, 0.1) is 10.1 Å². The molecule has 0 fully saturated rings. The number of hydrogen-bond acceptors (Lipinski definition) is 4. The van der Waals surface area contributed by atoms with Gasteiger partial charge in [-0.1, -0.05) is 6.07 Å². The molecule has 0 spiro atoms. The Hall–Kier alpha value is -1.83. The third-order valence-electron chi connectivity index (χ3n) is 1.96. The normalized spacial score (nSPS) is 13.5. The molecule has 4 N–H and O–H groups in total. The molecule has 1 atom stereocenters. The minimum Gasteiger partial charge on any atom is -0.393 e. The van der Waals surface area contributed by atoms with Crippen molar-refractivity contribution in [2.24, 2.45) is 5.73 Å². The summed E-state index contributed by atoms with van der Waals surface area (Å²) in [4.78, 5) is 9.59. The van der Waals surface area contributed by atoms with E-state index in [-0.39, 0.29) is 5.69 Å². The van der Waals surface area contributed by atoms with Crippen LogP contribution in [-0.2, 0) is 0 Å². The smallest absolute Gasteiger partial charge is 0.393 e. The van der Waals surface area contributed by atoms with Gasteiger partial charge in [-0.3, -0.25) is 10.1 Å². The van der Waals surface area contributed by atoms with E-state index in [1.165, 1.54) is 0 Å². The second-order valence-electron chi connectivity index (χ2n) is 3.09. The van der Waals surface area contributed by atoms with Crippen molar-refractivity contribution in [1.29, 1.82) is 0 Å². The van der Waals surface area contributed by atoms with Crippen molar-refractivity contribution in [3.63, 3.8) is 0 Å². The van der Waals surface area contributed by atoms with Gasteiger partial charge < -0.3 is 11.5 Å². The number of halogens is 3. The number of nitrogens with two attached hydrogens (primary N) is 2. The van der Waals surface area contributed by atoms with Crippen LogP contribution < -0.4 is 11.5 Å². The van der Waals surface area contributed by atoms with Crippen LogP contribution in [0.1, 0.15) is 11.6 Å². The van der Waals surface area contributed by atoms with E-state index in [0.29, 0.717) is 0 Å². The molecule has 0 amide bonds. The van der Waals surface area contributed by atoms with Gasteiger partial charge in [0, 0.05) is 6.07 Å². The Morgan fingerprint density at radius 3 is 2.38 bits per heavy atom. The summed E-state index contributed by atoms with van der Waals surface area (Å²) in [5.41, 5.74) is 8.95. The van der Waals surface area contributed by atoms with Crippen LogP contribution in [0.2, 0.25) is 0 Å². The number of anilines is 1. The molecule has 0 heterocycles. The maximum absolute atomic E-state index is 12.2. The van der Waals surface area contributed by atoms with Gasteiger partial charge in [0.25, 0.3) is 5.69 Å². The molecule has 88 valence electrons. The number of alkyl halides is 3. The molecule has 16 heavy (non-hydrogen) atoms. The van der Waals surface area contributed by atoms with Gasteiger partial charge in [-0.15, -0.1) is 0 Å². The van der Waals surface area contributed by atoms with E-state index < -0.39 is 28.4 Å². The Morgan fingerprint density at radius 1 is 1.38 bits per heavy atom. The molecule has 0 saturated heterocycles. The standard InChI is InChI=1S/C8H8F3N3O2/c9-8(10,11)7(13)4-1-2-5(12)6(3-4)14(15)16/h1-3,7H,12-13H2/t7-/m1/s1. The summed E-state index contributed by atoms with van der Waals surface area (Å²) in [7, 11) is 0. The fourth-order valence-corrected chi connectivity index (χ4v) is 1.10. The number of nitrogens with zero attached hydrogens (tertiary/aromatic N) is 1. The highest BCUT2D eigenvalue weighted by Gasteiger charge is 2.38. The highest BCUT2D eigenvalue weighted by Crippen LogP contribution is 2.33. The summed E-state index contributed by atoms with van der Waals surface area (Å²) < 4.78 is 36.7. The van der Waals surface area contributed by atoms with E-state index in [0.717, 1.165) is 18.2 Å². The Balaban J connectivity index is 3.18. The van der Waals surface area contributed by atoms with Crippen molar-refractivity contribution in [2.45, 2.75) is 12.2 Å². The van der Waals surface area contributed by atoms with Crippen LogP contribution in [0.15, 0.2) is 18.2 Å². The number of nitro benzene ring substituents is 1. The van der Waals surface area contributed by atoms with Gasteiger partial charge in [0.05, 0.1) is 4.92 Å². The van der Waals surface area contributed by atoms with E-state index in [1.54, 1.807) is 0 Å². The first-order chi connectivity index (χ1) is 7.23. The predicted octanol–water partition coefficient (Wildman–Crippen LogP) is 1.74. The molecular formula is C8H8F3N3O2. The molecule has 8 heteroatoms. The van der Waals surface area contributed by atoms with Crippen LogP contribution in [0.5, 0.6) is 0 Å². The summed E-state index contributed by atoms with van der Waals surface area (Å²) >= 11 is 0. The van der Waals surface area contributed by atoms with Crippen molar-refractivity contribution in [1.82, 2.24) is 0 Å². The van der Waals surface area contributed by atoms with Gasteiger partial charge in [-0.05, 0) is 11.6 Å². The van der Waals surface area contributed by atoms with Gasteiger partial charge in [0.15, 0.2) is 0 Å². The van der Waals surface area contributed by atoms with E-state index in [9.17, 15) is 23.3 Å². The first-order valence-corrected chi connectivity index (χ1v) is 4.09. The van der Waals surface area contributed by atoms with Crippen LogP contribution in [0.25, 0.3) is 0 Å². The summed E-state index contributed by atoms with van der Waals surface area (Å²) in [6, 6.07) is 0.513. The first-order valence-electron chi connectivity index (χ1n) is 4.09. The Morgan fingerprint density at radius 2 is 1.94 bits per heavy atom. The van der Waals surface area contributed by atoms with E-state index >= 15 is 0 Å². The fourth-order valence-electron chi connectivity index (χ4n) is 1.10. The second kappa shape index (κ2) is 3.97. The van der Waals surface area contributed by atoms with Crippen molar-refractivity contribution in [3.8, 4) is 0 Å². The van der Waals surface area contributed by atoms with Gasteiger partial charge in [-0.2, -0.15) is 13.2 Å². The van der Waals surface area contributed by atoms with Gasteiger partial charge in [0.1, 0.15) is 11.7 Å². The lowest BCUT2D eigenvalue weighted by atomic mass is 10.1. The maximum atomic E-state index is 12.2. The molecule has 0 aliphatic carbocycles. The van der Waals surface area contributed by atoms with Gasteiger partial charge in [-0.25, -0.2) is 0 Å². The Bertz CT molecular complexity index is 419. The zero-order valence-corrected chi connectivity index (χ0v) is 7.86. The zero-order valence-electron chi connectivity index (χ0n) is 7.86. The number of hydrogen-bond donors (Lipinski definition) is 2. The minimum absolute atomic E-state index is 0.205. The van der Waals surface area contributed by atoms with Crippen molar-refractivity contribution in [3.05, 3.63) is 33.9 Å². The second-order valence-corrected chi connectivity index (χ2v) is 3.09. The summed E-state index contributed by atoms with van der Waals surface area (Å²) in [6.45, 7) is 0. The lowest BCUT2D eigenvalue weighted by Gasteiger charge is -2.15. The summed E-state index contributed by atoms with van der Waals surface area (Å²) in [5, 5.41) is 10.4. The number of nitrogen functional groups attached to an aromatic ring is 1. The average Bonchev–Trinajstić information content (AvgIpc) is 2.15. The van der Waals surface area contributed by atoms with E-state index in [4.69, 9.17) is 11.5 Å². The highest BCUT2D eigenvalue weighted by molar-refractivity contribution is 5.59. The van der Waals surface area contributed by atoms with Crippen LogP contribution >= 0.6 is 0 Å². The molecule has 5 nitrogen and oxygen atoms in total. The predicted molar refractivity (Wildman–Crippen MR) is 50.5 cm³/mol. The molecule has 1 aromatic rings. The van der Waals surface area contributed by atoms with Crippen LogP contribution in [0.4, 0.5) is 24.5 Å². The molecule has 0 radical (unpaired) electrons. The van der Waals surface area contributed by atoms with E-state index in [1.807, 2.05) is 0 Å². The van der Waals surface area contributed by atoms with E-state index in [2.05, 4.69) is 0 Å². The zero-order chi connectivity index (χ0) is 12.5. The Kier molecular flexibility index (Phi) is 3.04. The fraction of sp³-hybridized carbons (Fsp3) is 0.250. The molecule has 0 aromatic heterocycles. The van der Waals surface area contributed by atoms with Gasteiger partial charge >= 0.3 is 6.18 Å². The topological polar surface area (TPSA) is 95.2 Å². The van der Waals surface area contributed by atoms with Crippen LogP contribution in [0.3, 0.4) is 0 Å². The van der Waals surface area contributed by atoms with Crippen LogP contribution in [-0.4, -0.2) is 11.1 Å². The largest absolute Gasteiger partial charge is 0.407 e. The highest BCUT2D eigenvalue weighted by atomic mass is 19.4. The molecular weight excluding hydrogens is 227 g/mol. The number of nitro groups is 1. The number of benzene rings is 1. The Labute approximate surface area is 88.0 Å². The maximum Gasteiger partial charge on any atom is 0.407 e. The third kappa shape index (κ3) is 2.40. The molecule has 0 saturated carbocycles.